The SMILES string of the molecule is Cc1cc(C)n(-c2ccc(Oc3ccnc(C(C)C)n3)cc2)n1. The van der Waals surface area contributed by atoms with Crippen LogP contribution in [0.1, 0.15) is 37.0 Å². The highest BCUT2D eigenvalue weighted by Crippen LogP contribution is 2.22. The Morgan fingerprint density at radius 3 is 2.39 bits per heavy atom. The Morgan fingerprint density at radius 2 is 1.78 bits per heavy atom. The molecule has 2 aromatic heterocycles. The van der Waals surface area contributed by atoms with Gasteiger partial charge in [0, 0.05) is 23.9 Å². The van der Waals surface area contributed by atoms with Crippen LogP contribution < -0.4 is 4.74 Å². The van der Waals surface area contributed by atoms with E-state index in [4.69, 9.17) is 4.74 Å². The van der Waals surface area contributed by atoms with Crippen molar-refractivity contribution in [2.45, 2.75) is 33.6 Å². The third kappa shape index (κ3) is 3.39. The van der Waals surface area contributed by atoms with E-state index >= 15 is 0 Å². The first-order chi connectivity index (χ1) is 11.0. The molecule has 0 bridgehead atoms. The number of nitrogens with zero attached hydrogens (tertiary/aromatic N) is 4. The van der Waals surface area contributed by atoms with Crippen LogP contribution in [0.2, 0.25) is 0 Å². The lowest BCUT2D eigenvalue weighted by atomic mass is 10.2. The first-order valence-corrected chi connectivity index (χ1v) is 7.67. The van der Waals surface area contributed by atoms with Crippen molar-refractivity contribution in [2.24, 2.45) is 0 Å². The molecule has 3 rings (SSSR count). The van der Waals surface area contributed by atoms with E-state index in [2.05, 4.69) is 35.0 Å². The summed E-state index contributed by atoms with van der Waals surface area (Å²) in [6, 6.07) is 11.6. The largest absolute Gasteiger partial charge is 0.439 e. The normalized spacial score (nSPS) is 11.0. The summed E-state index contributed by atoms with van der Waals surface area (Å²) in [4.78, 5) is 8.66. The average molecular weight is 308 g/mol. The fourth-order valence-electron chi connectivity index (χ4n) is 2.36. The smallest absolute Gasteiger partial charge is 0.222 e. The Bertz CT molecular complexity index is 806. The van der Waals surface area contributed by atoms with Crippen molar-refractivity contribution in [3.63, 3.8) is 0 Å². The van der Waals surface area contributed by atoms with Crippen LogP contribution in [0.25, 0.3) is 5.69 Å². The minimum atomic E-state index is 0.270. The fraction of sp³-hybridized carbons (Fsp3) is 0.278. The number of ether oxygens (including phenoxy) is 1. The molecule has 0 spiro atoms. The molecule has 2 heterocycles. The highest BCUT2D eigenvalue weighted by Gasteiger charge is 2.07. The summed E-state index contributed by atoms with van der Waals surface area (Å²) >= 11 is 0. The molecule has 5 nitrogen and oxygen atoms in total. The van der Waals surface area contributed by atoms with Crippen molar-refractivity contribution in [3.05, 3.63) is 59.8 Å². The summed E-state index contributed by atoms with van der Waals surface area (Å²) in [7, 11) is 0. The highest BCUT2D eigenvalue weighted by atomic mass is 16.5. The summed E-state index contributed by atoms with van der Waals surface area (Å²) in [6.07, 6.45) is 1.72. The molecule has 0 aliphatic carbocycles. The van der Waals surface area contributed by atoms with Crippen LogP contribution in [0, 0.1) is 13.8 Å². The van der Waals surface area contributed by atoms with E-state index in [0.717, 1.165) is 28.6 Å². The maximum atomic E-state index is 5.81. The van der Waals surface area contributed by atoms with Gasteiger partial charge in [-0.1, -0.05) is 13.8 Å². The van der Waals surface area contributed by atoms with Crippen LogP contribution in [-0.2, 0) is 0 Å². The highest BCUT2D eigenvalue weighted by molar-refractivity contribution is 5.39. The van der Waals surface area contributed by atoms with Gasteiger partial charge in [-0.2, -0.15) is 10.1 Å². The molecule has 1 aromatic carbocycles. The van der Waals surface area contributed by atoms with Gasteiger partial charge in [0.15, 0.2) is 0 Å². The molecule has 0 atom stereocenters. The van der Waals surface area contributed by atoms with Crippen molar-refractivity contribution in [3.8, 4) is 17.3 Å². The molecule has 3 aromatic rings. The van der Waals surface area contributed by atoms with Crippen LogP contribution in [0.15, 0.2) is 42.6 Å². The summed E-state index contributed by atoms with van der Waals surface area (Å²) in [6.45, 7) is 8.14. The Hall–Kier alpha value is -2.69. The second-order valence-corrected chi connectivity index (χ2v) is 5.84. The molecular formula is C18H20N4O. The molecule has 23 heavy (non-hydrogen) atoms. The van der Waals surface area contributed by atoms with Crippen molar-refractivity contribution in [2.75, 3.05) is 0 Å². The molecule has 0 amide bonds. The molecular weight excluding hydrogens is 288 g/mol. The second-order valence-electron chi connectivity index (χ2n) is 5.84. The number of rotatable bonds is 4. The van der Waals surface area contributed by atoms with Gasteiger partial charge in [-0.25, -0.2) is 9.67 Å². The van der Waals surface area contributed by atoms with E-state index < -0.39 is 0 Å². The third-order valence-corrected chi connectivity index (χ3v) is 3.48. The second kappa shape index (κ2) is 6.20. The zero-order chi connectivity index (χ0) is 16.4. The lowest BCUT2D eigenvalue weighted by molar-refractivity contribution is 0.456. The molecule has 0 N–H and O–H groups in total. The topological polar surface area (TPSA) is 52.8 Å². The van der Waals surface area contributed by atoms with E-state index in [1.54, 1.807) is 12.3 Å². The van der Waals surface area contributed by atoms with Gasteiger partial charge >= 0.3 is 0 Å². The Kier molecular flexibility index (Phi) is 4.10. The minimum absolute atomic E-state index is 0.270. The predicted molar refractivity (Wildman–Crippen MR) is 89.2 cm³/mol. The minimum Gasteiger partial charge on any atom is -0.439 e. The lowest BCUT2D eigenvalue weighted by Gasteiger charge is -2.09. The van der Waals surface area contributed by atoms with Gasteiger partial charge in [-0.3, -0.25) is 0 Å². The van der Waals surface area contributed by atoms with E-state index in [1.807, 2.05) is 42.8 Å². The van der Waals surface area contributed by atoms with Crippen molar-refractivity contribution in [1.82, 2.24) is 19.7 Å². The van der Waals surface area contributed by atoms with Gasteiger partial charge < -0.3 is 4.74 Å². The quantitative estimate of drug-likeness (QED) is 0.725. The Balaban J connectivity index is 1.80. The van der Waals surface area contributed by atoms with Crippen molar-refractivity contribution >= 4 is 0 Å². The number of hydrogen-bond donors (Lipinski definition) is 0. The summed E-state index contributed by atoms with van der Waals surface area (Å²) in [5.41, 5.74) is 3.12. The first-order valence-electron chi connectivity index (χ1n) is 7.67. The predicted octanol–water partition coefficient (Wildman–Crippen LogP) is 4.19. The van der Waals surface area contributed by atoms with Gasteiger partial charge in [0.05, 0.1) is 11.4 Å². The first kappa shape index (κ1) is 15.2. The molecule has 5 heteroatoms. The molecule has 0 unspecified atom stereocenters. The van der Waals surface area contributed by atoms with Gasteiger partial charge in [0.1, 0.15) is 11.6 Å². The lowest BCUT2D eigenvalue weighted by Crippen LogP contribution is -2.00. The number of aromatic nitrogens is 4. The van der Waals surface area contributed by atoms with Crippen LogP contribution in [0.5, 0.6) is 11.6 Å². The fourth-order valence-corrected chi connectivity index (χ4v) is 2.36. The van der Waals surface area contributed by atoms with Crippen LogP contribution in [0.4, 0.5) is 0 Å². The zero-order valence-corrected chi connectivity index (χ0v) is 13.8. The molecule has 118 valence electrons. The molecule has 0 saturated heterocycles. The summed E-state index contributed by atoms with van der Waals surface area (Å²) in [5, 5.41) is 4.48. The van der Waals surface area contributed by atoms with Crippen LogP contribution in [0.3, 0.4) is 0 Å². The van der Waals surface area contributed by atoms with Crippen molar-refractivity contribution < 1.29 is 4.74 Å². The Morgan fingerprint density at radius 1 is 1.04 bits per heavy atom. The molecule has 0 radical (unpaired) electrons. The van der Waals surface area contributed by atoms with E-state index in [-0.39, 0.29) is 5.92 Å². The molecule has 0 aliphatic heterocycles. The van der Waals surface area contributed by atoms with Crippen LogP contribution >= 0.6 is 0 Å². The maximum Gasteiger partial charge on any atom is 0.222 e. The standard InChI is InChI=1S/C18H20N4O/c1-12(2)18-19-10-9-17(20-18)23-16-7-5-15(6-8-16)22-14(4)11-13(3)21-22/h5-12H,1-4H3. The van der Waals surface area contributed by atoms with Crippen LogP contribution in [-0.4, -0.2) is 19.7 Å². The summed E-state index contributed by atoms with van der Waals surface area (Å²) < 4.78 is 7.73. The monoisotopic (exact) mass is 308 g/mol. The van der Waals surface area contributed by atoms with Gasteiger partial charge in [0.2, 0.25) is 5.88 Å². The van der Waals surface area contributed by atoms with E-state index in [1.165, 1.54) is 0 Å². The van der Waals surface area contributed by atoms with Gasteiger partial charge in [-0.05, 0) is 44.2 Å². The zero-order valence-electron chi connectivity index (χ0n) is 13.8. The van der Waals surface area contributed by atoms with Gasteiger partial charge in [-0.15, -0.1) is 0 Å². The molecule has 0 fully saturated rings. The number of aryl methyl sites for hydroxylation is 2. The third-order valence-electron chi connectivity index (χ3n) is 3.48. The number of hydrogen-bond acceptors (Lipinski definition) is 4. The van der Waals surface area contributed by atoms with Crippen molar-refractivity contribution in [1.29, 1.82) is 0 Å². The number of benzene rings is 1. The average Bonchev–Trinajstić information content (AvgIpc) is 2.87. The van der Waals surface area contributed by atoms with Gasteiger partial charge in [0.25, 0.3) is 0 Å². The summed E-state index contributed by atoms with van der Waals surface area (Å²) in [5.74, 6) is 2.35. The Labute approximate surface area is 136 Å². The van der Waals surface area contributed by atoms with E-state index in [9.17, 15) is 0 Å². The van der Waals surface area contributed by atoms with E-state index in [0.29, 0.717) is 5.88 Å². The maximum absolute atomic E-state index is 5.81. The molecule has 0 saturated carbocycles. The molecule has 0 aliphatic rings.